The Bertz CT molecular complexity index is 969. The average molecular weight is 365 g/mol. The monoisotopic (exact) mass is 365 g/mol. The number of hydrogen-bond acceptors (Lipinski definition) is 3. The molecule has 138 valence electrons. The van der Waals surface area contributed by atoms with Gasteiger partial charge in [0.25, 0.3) is 5.56 Å². The van der Waals surface area contributed by atoms with Gasteiger partial charge in [-0.15, -0.1) is 0 Å². The van der Waals surface area contributed by atoms with Gasteiger partial charge in [0.2, 0.25) is 5.91 Å². The highest BCUT2D eigenvalue weighted by molar-refractivity contribution is 5.76. The SMILES string of the molecule is C[C@@H](NC(=O)CCn1nc(-c2ccccc2)ccc1=O)c1ccc(F)cc1. The van der Waals surface area contributed by atoms with Gasteiger partial charge in [0.1, 0.15) is 5.82 Å². The van der Waals surface area contributed by atoms with Gasteiger partial charge < -0.3 is 5.32 Å². The molecule has 0 aliphatic rings. The van der Waals surface area contributed by atoms with Crippen LogP contribution in [0.5, 0.6) is 0 Å². The maximum atomic E-state index is 13.0. The minimum absolute atomic E-state index is 0.122. The van der Waals surface area contributed by atoms with Crippen molar-refractivity contribution >= 4 is 5.91 Å². The lowest BCUT2D eigenvalue weighted by atomic mass is 10.1. The molecule has 0 spiro atoms. The standard InChI is InChI=1S/C21H20FN3O2/c1-15(16-7-9-18(22)10-8-16)23-20(26)13-14-25-21(27)12-11-19(24-25)17-5-3-2-4-6-17/h2-12,15H,13-14H2,1H3,(H,23,26)/t15-/m1/s1. The molecule has 1 atom stereocenters. The summed E-state index contributed by atoms with van der Waals surface area (Å²) in [4.78, 5) is 24.2. The molecule has 5 nitrogen and oxygen atoms in total. The van der Waals surface area contributed by atoms with E-state index in [1.165, 1.54) is 22.9 Å². The number of benzene rings is 2. The van der Waals surface area contributed by atoms with E-state index < -0.39 is 0 Å². The molecule has 6 heteroatoms. The fourth-order valence-corrected chi connectivity index (χ4v) is 2.73. The predicted octanol–water partition coefficient (Wildman–Crippen LogP) is 3.32. The van der Waals surface area contributed by atoms with Gasteiger partial charge in [0.05, 0.1) is 18.3 Å². The topological polar surface area (TPSA) is 64.0 Å². The van der Waals surface area contributed by atoms with Gasteiger partial charge in [-0.1, -0.05) is 42.5 Å². The van der Waals surface area contributed by atoms with Crippen LogP contribution in [0.15, 0.2) is 71.5 Å². The Morgan fingerprint density at radius 2 is 1.78 bits per heavy atom. The number of halogens is 1. The third-order valence-corrected chi connectivity index (χ3v) is 4.23. The summed E-state index contributed by atoms with van der Waals surface area (Å²) >= 11 is 0. The summed E-state index contributed by atoms with van der Waals surface area (Å²) in [6, 6.07) is 18.4. The first-order valence-corrected chi connectivity index (χ1v) is 8.71. The van der Waals surface area contributed by atoms with Gasteiger partial charge in [0.15, 0.2) is 0 Å². The molecule has 3 rings (SSSR count). The second kappa shape index (κ2) is 8.40. The van der Waals surface area contributed by atoms with Crippen molar-refractivity contribution in [2.24, 2.45) is 0 Å². The molecule has 1 amide bonds. The summed E-state index contributed by atoms with van der Waals surface area (Å²) in [5, 5.41) is 7.19. The molecule has 3 aromatic rings. The number of nitrogens with one attached hydrogen (secondary N) is 1. The maximum absolute atomic E-state index is 13.0. The van der Waals surface area contributed by atoms with Gasteiger partial charge in [-0.3, -0.25) is 9.59 Å². The molecule has 2 aromatic carbocycles. The molecule has 0 radical (unpaired) electrons. The minimum atomic E-state index is -0.318. The van der Waals surface area contributed by atoms with Crippen molar-refractivity contribution < 1.29 is 9.18 Å². The first-order valence-electron chi connectivity index (χ1n) is 8.71. The summed E-state index contributed by atoms with van der Waals surface area (Å²) in [6.07, 6.45) is 0.122. The van der Waals surface area contributed by atoms with Crippen LogP contribution in [0, 0.1) is 5.82 Å². The number of carbonyl (C=O) groups is 1. The number of nitrogens with zero attached hydrogens (tertiary/aromatic N) is 2. The first kappa shape index (κ1) is 18.5. The number of rotatable bonds is 6. The maximum Gasteiger partial charge on any atom is 0.266 e. The largest absolute Gasteiger partial charge is 0.350 e. The Morgan fingerprint density at radius 3 is 2.48 bits per heavy atom. The molecule has 1 heterocycles. The molecule has 0 bridgehead atoms. The summed E-state index contributed by atoms with van der Waals surface area (Å²) in [7, 11) is 0. The number of carbonyl (C=O) groups excluding carboxylic acids is 1. The van der Waals surface area contributed by atoms with E-state index in [2.05, 4.69) is 10.4 Å². The molecule has 0 aliphatic heterocycles. The molecule has 0 unspecified atom stereocenters. The summed E-state index contributed by atoms with van der Waals surface area (Å²) in [5.41, 5.74) is 2.14. The van der Waals surface area contributed by atoms with Gasteiger partial charge >= 0.3 is 0 Å². The Labute approximate surface area is 156 Å². The zero-order valence-electron chi connectivity index (χ0n) is 14.9. The van der Waals surface area contributed by atoms with Crippen LogP contribution >= 0.6 is 0 Å². The Morgan fingerprint density at radius 1 is 1.07 bits per heavy atom. The fraction of sp³-hybridized carbons (Fsp3) is 0.190. The molecular weight excluding hydrogens is 345 g/mol. The van der Waals surface area contributed by atoms with Crippen LogP contribution in [0.4, 0.5) is 4.39 Å². The molecule has 0 saturated heterocycles. The van der Waals surface area contributed by atoms with Crippen molar-refractivity contribution in [1.29, 1.82) is 0 Å². The highest BCUT2D eigenvalue weighted by atomic mass is 19.1. The van der Waals surface area contributed by atoms with Crippen LogP contribution in [0.1, 0.15) is 24.9 Å². The lowest BCUT2D eigenvalue weighted by Gasteiger charge is -2.14. The molecule has 0 saturated carbocycles. The summed E-state index contributed by atoms with van der Waals surface area (Å²) < 4.78 is 14.3. The van der Waals surface area contributed by atoms with E-state index in [0.29, 0.717) is 5.69 Å². The van der Waals surface area contributed by atoms with E-state index in [-0.39, 0.29) is 36.3 Å². The van der Waals surface area contributed by atoms with Crippen LogP contribution in [0.25, 0.3) is 11.3 Å². The average Bonchev–Trinajstić information content (AvgIpc) is 2.68. The third-order valence-electron chi connectivity index (χ3n) is 4.23. The number of aromatic nitrogens is 2. The second-order valence-electron chi connectivity index (χ2n) is 6.24. The quantitative estimate of drug-likeness (QED) is 0.729. The normalized spacial score (nSPS) is 11.8. The van der Waals surface area contributed by atoms with Crippen LogP contribution < -0.4 is 10.9 Å². The van der Waals surface area contributed by atoms with E-state index in [9.17, 15) is 14.0 Å². The summed E-state index contributed by atoms with van der Waals surface area (Å²) in [6.45, 7) is 2.01. The van der Waals surface area contributed by atoms with Gasteiger partial charge in [-0.05, 0) is 30.7 Å². The van der Waals surface area contributed by atoms with Crippen LogP contribution in [-0.4, -0.2) is 15.7 Å². The van der Waals surface area contributed by atoms with E-state index in [4.69, 9.17) is 0 Å². The lowest BCUT2D eigenvalue weighted by molar-refractivity contribution is -0.122. The van der Waals surface area contributed by atoms with Crippen molar-refractivity contribution in [3.8, 4) is 11.3 Å². The molecule has 27 heavy (non-hydrogen) atoms. The Kier molecular flexibility index (Phi) is 5.76. The summed E-state index contributed by atoms with van der Waals surface area (Å²) in [5.74, 6) is -0.522. The molecular formula is C21H20FN3O2. The second-order valence-corrected chi connectivity index (χ2v) is 6.24. The van der Waals surface area contributed by atoms with E-state index >= 15 is 0 Å². The molecule has 0 fully saturated rings. The Balaban J connectivity index is 1.63. The number of hydrogen-bond donors (Lipinski definition) is 1. The van der Waals surface area contributed by atoms with Crippen molar-refractivity contribution in [3.05, 3.63) is 88.5 Å². The zero-order valence-corrected chi connectivity index (χ0v) is 14.9. The minimum Gasteiger partial charge on any atom is -0.350 e. The van der Waals surface area contributed by atoms with Crippen LogP contribution in [0.3, 0.4) is 0 Å². The van der Waals surface area contributed by atoms with E-state index in [1.54, 1.807) is 18.2 Å². The van der Waals surface area contributed by atoms with Crippen molar-refractivity contribution in [2.75, 3.05) is 0 Å². The van der Waals surface area contributed by atoms with E-state index in [1.807, 2.05) is 37.3 Å². The first-order chi connectivity index (χ1) is 13.0. The van der Waals surface area contributed by atoms with Crippen molar-refractivity contribution in [2.45, 2.75) is 25.9 Å². The van der Waals surface area contributed by atoms with Crippen LogP contribution in [0.2, 0.25) is 0 Å². The predicted molar refractivity (Wildman–Crippen MR) is 102 cm³/mol. The van der Waals surface area contributed by atoms with Gasteiger partial charge in [0, 0.05) is 18.1 Å². The van der Waals surface area contributed by atoms with E-state index in [0.717, 1.165) is 11.1 Å². The van der Waals surface area contributed by atoms with Crippen LogP contribution in [-0.2, 0) is 11.3 Å². The zero-order chi connectivity index (χ0) is 19.2. The number of amides is 1. The van der Waals surface area contributed by atoms with Gasteiger partial charge in [-0.25, -0.2) is 9.07 Å². The number of aryl methyl sites for hydroxylation is 1. The van der Waals surface area contributed by atoms with Crippen molar-refractivity contribution in [1.82, 2.24) is 15.1 Å². The smallest absolute Gasteiger partial charge is 0.266 e. The molecule has 0 aliphatic carbocycles. The lowest BCUT2D eigenvalue weighted by Crippen LogP contribution is -2.30. The molecule has 1 aromatic heterocycles. The van der Waals surface area contributed by atoms with Gasteiger partial charge in [-0.2, -0.15) is 5.10 Å². The Hall–Kier alpha value is -3.28. The van der Waals surface area contributed by atoms with Crippen molar-refractivity contribution in [3.63, 3.8) is 0 Å². The fourth-order valence-electron chi connectivity index (χ4n) is 2.73. The highest BCUT2D eigenvalue weighted by Gasteiger charge is 2.11. The third kappa shape index (κ3) is 4.88. The highest BCUT2D eigenvalue weighted by Crippen LogP contribution is 2.15. The molecule has 1 N–H and O–H groups in total.